The summed E-state index contributed by atoms with van der Waals surface area (Å²) in [5.74, 6) is 0.443. The number of hydrogen-bond acceptors (Lipinski definition) is 5. The summed E-state index contributed by atoms with van der Waals surface area (Å²) >= 11 is 2.81. The zero-order valence-corrected chi connectivity index (χ0v) is 10.6. The topological polar surface area (TPSA) is 68.0 Å². The first-order valence-electron chi connectivity index (χ1n) is 5.34. The lowest BCUT2D eigenvalue weighted by Crippen LogP contribution is -2.11. The average Bonchev–Trinajstić information content (AvgIpc) is 2.90. The summed E-state index contributed by atoms with van der Waals surface area (Å²) in [5, 5.41) is 7.27. The van der Waals surface area contributed by atoms with Crippen LogP contribution in [0.3, 0.4) is 0 Å². The third-order valence-corrected chi connectivity index (χ3v) is 4.34. The third kappa shape index (κ3) is 2.18. The molecule has 0 radical (unpaired) electrons. The minimum Gasteiger partial charge on any atom is -0.397 e. The highest BCUT2D eigenvalue weighted by atomic mass is 32.1. The highest BCUT2D eigenvalue weighted by Crippen LogP contribution is 2.40. The summed E-state index contributed by atoms with van der Waals surface area (Å²) in [5.41, 5.74) is 7.31. The van der Waals surface area contributed by atoms with E-state index in [0.29, 0.717) is 21.6 Å². The van der Waals surface area contributed by atoms with Crippen molar-refractivity contribution < 1.29 is 4.79 Å². The maximum atomic E-state index is 11.9. The van der Waals surface area contributed by atoms with Gasteiger partial charge in [0.15, 0.2) is 5.13 Å². The highest BCUT2D eigenvalue weighted by Gasteiger charge is 2.26. The lowest BCUT2D eigenvalue weighted by Gasteiger charge is -1.99. The number of rotatable bonds is 3. The van der Waals surface area contributed by atoms with E-state index in [1.165, 1.54) is 35.5 Å². The minimum atomic E-state index is -0.172. The van der Waals surface area contributed by atoms with Crippen molar-refractivity contribution in [1.82, 2.24) is 4.98 Å². The summed E-state index contributed by atoms with van der Waals surface area (Å²) in [6.45, 7) is 0. The van der Waals surface area contributed by atoms with Gasteiger partial charge in [0, 0.05) is 11.3 Å². The number of nitrogen functional groups attached to an aromatic ring is 1. The fourth-order valence-corrected chi connectivity index (χ4v) is 3.07. The van der Waals surface area contributed by atoms with E-state index < -0.39 is 0 Å². The zero-order valence-electron chi connectivity index (χ0n) is 8.97. The van der Waals surface area contributed by atoms with Crippen molar-refractivity contribution in [2.75, 3.05) is 11.1 Å². The van der Waals surface area contributed by atoms with Gasteiger partial charge in [0.05, 0.1) is 11.4 Å². The Bertz CT molecular complexity index is 557. The Morgan fingerprint density at radius 1 is 1.47 bits per heavy atom. The molecule has 1 aliphatic rings. The zero-order chi connectivity index (χ0) is 11.8. The number of anilines is 2. The fourth-order valence-electron chi connectivity index (χ4n) is 1.57. The molecular formula is C11H11N3OS2. The van der Waals surface area contributed by atoms with Gasteiger partial charge in [0.2, 0.25) is 0 Å². The summed E-state index contributed by atoms with van der Waals surface area (Å²) in [6, 6.07) is 1.73. The number of nitrogens with two attached hydrogens (primary N) is 1. The Labute approximate surface area is 106 Å². The molecule has 0 unspecified atom stereocenters. The molecular weight excluding hydrogens is 254 g/mol. The second kappa shape index (κ2) is 4.12. The maximum absolute atomic E-state index is 11.9. The van der Waals surface area contributed by atoms with Crippen LogP contribution >= 0.6 is 22.7 Å². The van der Waals surface area contributed by atoms with Gasteiger partial charge in [0.25, 0.3) is 5.91 Å². The molecule has 6 heteroatoms. The van der Waals surface area contributed by atoms with Crippen LogP contribution in [-0.4, -0.2) is 10.9 Å². The molecule has 3 rings (SSSR count). The first-order valence-corrected chi connectivity index (χ1v) is 7.09. The lowest BCUT2D eigenvalue weighted by atomic mass is 10.3. The Hall–Kier alpha value is -1.40. The number of amides is 1. The molecule has 0 aliphatic heterocycles. The molecule has 2 aromatic rings. The molecule has 3 N–H and O–H groups in total. The minimum absolute atomic E-state index is 0.172. The van der Waals surface area contributed by atoms with Gasteiger partial charge in [-0.1, -0.05) is 0 Å². The molecule has 17 heavy (non-hydrogen) atoms. The van der Waals surface area contributed by atoms with Crippen molar-refractivity contribution in [3.63, 3.8) is 0 Å². The van der Waals surface area contributed by atoms with Crippen molar-refractivity contribution in [3.8, 4) is 0 Å². The molecule has 4 nitrogen and oxygen atoms in total. The molecule has 2 heterocycles. The van der Waals surface area contributed by atoms with Crippen molar-refractivity contribution in [1.29, 1.82) is 0 Å². The first-order chi connectivity index (χ1) is 8.24. The summed E-state index contributed by atoms with van der Waals surface area (Å²) in [4.78, 5) is 16.8. The second-order valence-electron chi connectivity index (χ2n) is 4.01. The van der Waals surface area contributed by atoms with Crippen LogP contribution in [0.15, 0.2) is 16.8 Å². The van der Waals surface area contributed by atoms with Gasteiger partial charge in [-0.05, 0) is 24.3 Å². The molecule has 1 amide bonds. The van der Waals surface area contributed by atoms with E-state index in [9.17, 15) is 4.79 Å². The van der Waals surface area contributed by atoms with Crippen molar-refractivity contribution >= 4 is 39.4 Å². The van der Waals surface area contributed by atoms with Gasteiger partial charge < -0.3 is 5.73 Å². The van der Waals surface area contributed by atoms with Gasteiger partial charge >= 0.3 is 0 Å². The van der Waals surface area contributed by atoms with E-state index in [-0.39, 0.29) is 5.91 Å². The van der Waals surface area contributed by atoms with E-state index in [1.54, 1.807) is 6.07 Å². The van der Waals surface area contributed by atoms with Crippen LogP contribution in [0.5, 0.6) is 0 Å². The van der Waals surface area contributed by atoms with Crippen LogP contribution in [-0.2, 0) is 0 Å². The number of nitrogens with one attached hydrogen (secondary N) is 1. The Kier molecular flexibility index (Phi) is 2.60. The van der Waals surface area contributed by atoms with Crippen LogP contribution in [0.2, 0.25) is 0 Å². The number of aromatic nitrogens is 1. The molecule has 0 bridgehead atoms. The maximum Gasteiger partial charge on any atom is 0.269 e. The standard InChI is InChI=1S/C11H11N3OS2/c12-7-3-4-16-9(7)10(15)14-11-13-8(5-17-11)6-1-2-6/h3-6H,1-2,12H2,(H,13,14,15). The van der Waals surface area contributed by atoms with Gasteiger partial charge in [0.1, 0.15) is 4.88 Å². The number of nitrogens with zero attached hydrogens (tertiary/aromatic N) is 1. The number of thiophene rings is 1. The summed E-state index contributed by atoms with van der Waals surface area (Å²) in [7, 11) is 0. The van der Waals surface area contributed by atoms with E-state index >= 15 is 0 Å². The Morgan fingerprint density at radius 3 is 2.94 bits per heavy atom. The van der Waals surface area contributed by atoms with E-state index in [0.717, 1.165) is 5.69 Å². The molecule has 2 aromatic heterocycles. The van der Waals surface area contributed by atoms with Gasteiger partial charge in [-0.15, -0.1) is 22.7 Å². The largest absolute Gasteiger partial charge is 0.397 e. The molecule has 0 aromatic carbocycles. The lowest BCUT2D eigenvalue weighted by molar-refractivity contribution is 0.103. The quantitative estimate of drug-likeness (QED) is 0.896. The van der Waals surface area contributed by atoms with Crippen molar-refractivity contribution in [3.05, 3.63) is 27.4 Å². The van der Waals surface area contributed by atoms with E-state index in [1.807, 2.05) is 10.8 Å². The molecule has 88 valence electrons. The highest BCUT2D eigenvalue weighted by molar-refractivity contribution is 7.14. The number of thiazole rings is 1. The monoisotopic (exact) mass is 265 g/mol. The second-order valence-corrected chi connectivity index (χ2v) is 5.79. The average molecular weight is 265 g/mol. The number of hydrogen-bond donors (Lipinski definition) is 2. The van der Waals surface area contributed by atoms with E-state index in [4.69, 9.17) is 5.73 Å². The van der Waals surface area contributed by atoms with Gasteiger partial charge in [-0.3, -0.25) is 10.1 Å². The molecule has 0 saturated heterocycles. The fraction of sp³-hybridized carbons (Fsp3) is 0.273. The van der Waals surface area contributed by atoms with Crippen LogP contribution < -0.4 is 11.1 Å². The Morgan fingerprint density at radius 2 is 2.29 bits per heavy atom. The van der Waals surface area contributed by atoms with Crippen LogP contribution in [0.25, 0.3) is 0 Å². The number of carbonyl (C=O) groups excluding carboxylic acids is 1. The molecule has 1 saturated carbocycles. The molecule has 0 atom stereocenters. The summed E-state index contributed by atoms with van der Waals surface area (Å²) < 4.78 is 0. The molecule has 1 aliphatic carbocycles. The van der Waals surface area contributed by atoms with Crippen molar-refractivity contribution in [2.24, 2.45) is 0 Å². The van der Waals surface area contributed by atoms with Crippen LogP contribution in [0.4, 0.5) is 10.8 Å². The normalized spacial score (nSPS) is 14.8. The predicted octanol–water partition coefficient (Wildman–Crippen LogP) is 2.92. The molecule has 0 spiro atoms. The van der Waals surface area contributed by atoms with Crippen molar-refractivity contribution in [2.45, 2.75) is 18.8 Å². The predicted molar refractivity (Wildman–Crippen MR) is 70.8 cm³/mol. The van der Waals surface area contributed by atoms with Crippen LogP contribution in [0.1, 0.15) is 34.1 Å². The van der Waals surface area contributed by atoms with E-state index in [2.05, 4.69) is 10.3 Å². The molecule has 1 fully saturated rings. The van der Waals surface area contributed by atoms with Gasteiger partial charge in [-0.2, -0.15) is 0 Å². The summed E-state index contributed by atoms with van der Waals surface area (Å²) in [6.07, 6.45) is 2.43. The SMILES string of the molecule is Nc1ccsc1C(=O)Nc1nc(C2CC2)cs1. The third-order valence-electron chi connectivity index (χ3n) is 2.64. The Balaban J connectivity index is 1.73. The smallest absolute Gasteiger partial charge is 0.269 e. The first kappa shape index (κ1) is 10.7. The van der Waals surface area contributed by atoms with Crippen LogP contribution in [0, 0.1) is 0 Å². The van der Waals surface area contributed by atoms with Gasteiger partial charge in [-0.25, -0.2) is 4.98 Å². The number of carbonyl (C=O) groups is 1.